The smallest absolute Gasteiger partial charge is 0.354 e. The SMILES string of the molecule is O=C(O)c1ccc2nc(CN3CCC(Oc4cccc(Oc5ccc(Cl)cc5F)n4)CC3)n(CC3CCO3)c2n1. The number of carbonyl (C=O) groups is 1. The van der Waals surface area contributed by atoms with E-state index in [4.69, 9.17) is 30.8 Å². The standard InChI is InChI=1S/C28H27ClFN5O5/c29-17-4-7-23(20(30)14-17)40-26-3-1-2-25(33-26)39-18-8-11-34(12-9-18)16-24-31-21-5-6-22(28(36)37)32-27(21)35(24)15-19-10-13-38-19/h1-7,14,18-19H,8-13,15-16H2,(H,36,37). The molecule has 1 N–H and O–H groups in total. The second-order valence-electron chi connectivity index (χ2n) is 9.85. The third-order valence-corrected chi connectivity index (χ3v) is 7.30. The van der Waals surface area contributed by atoms with E-state index >= 15 is 0 Å². The van der Waals surface area contributed by atoms with Gasteiger partial charge in [-0.05, 0) is 49.6 Å². The maximum absolute atomic E-state index is 14.1. The van der Waals surface area contributed by atoms with Crippen LogP contribution in [0.1, 0.15) is 35.6 Å². The molecule has 6 rings (SSSR count). The van der Waals surface area contributed by atoms with Crippen molar-refractivity contribution >= 4 is 28.7 Å². The fourth-order valence-corrected chi connectivity index (χ4v) is 5.02. The monoisotopic (exact) mass is 567 g/mol. The molecule has 0 bridgehead atoms. The Kier molecular flexibility index (Phi) is 7.50. The third kappa shape index (κ3) is 5.86. The van der Waals surface area contributed by atoms with Crippen molar-refractivity contribution in [1.82, 2.24) is 24.4 Å². The molecule has 2 fully saturated rings. The lowest BCUT2D eigenvalue weighted by atomic mass is 10.1. The molecular weight excluding hydrogens is 541 g/mol. The van der Waals surface area contributed by atoms with Crippen molar-refractivity contribution in [2.45, 2.75) is 44.6 Å². The van der Waals surface area contributed by atoms with E-state index in [1.165, 1.54) is 18.2 Å². The highest BCUT2D eigenvalue weighted by atomic mass is 35.5. The van der Waals surface area contributed by atoms with Gasteiger partial charge in [0.15, 0.2) is 22.9 Å². The van der Waals surface area contributed by atoms with Crippen LogP contribution < -0.4 is 9.47 Å². The van der Waals surface area contributed by atoms with Gasteiger partial charge in [-0.2, -0.15) is 4.98 Å². The first kappa shape index (κ1) is 26.4. The van der Waals surface area contributed by atoms with E-state index in [0.717, 1.165) is 44.8 Å². The fraction of sp³-hybridized carbons (Fsp3) is 0.357. The quantitative estimate of drug-likeness (QED) is 0.300. The molecule has 12 heteroatoms. The summed E-state index contributed by atoms with van der Waals surface area (Å²) in [6.07, 6.45) is 2.56. The molecule has 0 spiro atoms. The van der Waals surface area contributed by atoms with E-state index in [2.05, 4.69) is 14.9 Å². The van der Waals surface area contributed by atoms with Crippen LogP contribution >= 0.6 is 11.6 Å². The van der Waals surface area contributed by atoms with Crippen LogP contribution in [0.15, 0.2) is 48.5 Å². The van der Waals surface area contributed by atoms with Gasteiger partial charge < -0.3 is 23.9 Å². The summed E-state index contributed by atoms with van der Waals surface area (Å²) in [4.78, 5) is 27.3. The lowest BCUT2D eigenvalue weighted by Crippen LogP contribution is -2.39. The number of rotatable bonds is 9. The number of aromatic carboxylic acids is 1. The van der Waals surface area contributed by atoms with E-state index < -0.39 is 11.8 Å². The Hall–Kier alpha value is -3.80. The highest BCUT2D eigenvalue weighted by Crippen LogP contribution is 2.28. The number of carboxylic acids is 1. The van der Waals surface area contributed by atoms with E-state index in [1.54, 1.807) is 30.3 Å². The fourth-order valence-electron chi connectivity index (χ4n) is 4.86. The van der Waals surface area contributed by atoms with Gasteiger partial charge in [-0.15, -0.1) is 0 Å². The molecule has 5 heterocycles. The molecule has 40 heavy (non-hydrogen) atoms. The lowest BCUT2D eigenvalue weighted by Gasteiger charge is -2.32. The number of likely N-dealkylation sites (tertiary alicyclic amines) is 1. The molecule has 1 atom stereocenters. The van der Waals surface area contributed by atoms with Gasteiger partial charge in [0, 0.05) is 36.9 Å². The number of benzene rings is 1. The molecular formula is C28H27ClFN5O5. The molecule has 1 aromatic carbocycles. The number of aromatic nitrogens is 4. The van der Waals surface area contributed by atoms with Crippen molar-refractivity contribution in [1.29, 1.82) is 0 Å². The number of halogens is 2. The van der Waals surface area contributed by atoms with Gasteiger partial charge >= 0.3 is 5.97 Å². The first-order valence-corrected chi connectivity index (χ1v) is 13.5. The highest BCUT2D eigenvalue weighted by molar-refractivity contribution is 6.30. The number of fused-ring (bicyclic) bond motifs is 1. The summed E-state index contributed by atoms with van der Waals surface area (Å²) < 4.78 is 33.5. The Balaban J connectivity index is 1.09. The number of ether oxygens (including phenoxy) is 3. The zero-order chi connectivity index (χ0) is 27.6. The van der Waals surface area contributed by atoms with Crippen LogP contribution in [-0.2, 0) is 17.8 Å². The maximum atomic E-state index is 14.1. The van der Waals surface area contributed by atoms with Gasteiger partial charge in [-0.1, -0.05) is 17.7 Å². The summed E-state index contributed by atoms with van der Waals surface area (Å²) in [5, 5.41) is 9.69. The van der Waals surface area contributed by atoms with E-state index in [9.17, 15) is 14.3 Å². The van der Waals surface area contributed by atoms with Gasteiger partial charge in [-0.3, -0.25) is 4.90 Å². The van der Waals surface area contributed by atoms with Crippen LogP contribution in [0.25, 0.3) is 11.2 Å². The predicted octanol–water partition coefficient (Wildman–Crippen LogP) is 4.94. The first-order valence-electron chi connectivity index (χ1n) is 13.1. The van der Waals surface area contributed by atoms with Crippen LogP contribution in [0, 0.1) is 5.82 Å². The Bertz CT molecular complexity index is 1540. The zero-order valence-electron chi connectivity index (χ0n) is 21.5. The third-order valence-electron chi connectivity index (χ3n) is 7.06. The number of hydrogen-bond acceptors (Lipinski definition) is 8. The van der Waals surface area contributed by atoms with Crippen molar-refractivity contribution in [2.75, 3.05) is 19.7 Å². The Morgan fingerprint density at radius 1 is 1.07 bits per heavy atom. The zero-order valence-corrected chi connectivity index (χ0v) is 22.3. The molecule has 4 aromatic rings. The Morgan fingerprint density at radius 3 is 2.60 bits per heavy atom. The van der Waals surface area contributed by atoms with Crippen molar-refractivity contribution in [2.24, 2.45) is 0 Å². The summed E-state index contributed by atoms with van der Waals surface area (Å²) in [7, 11) is 0. The molecule has 0 aliphatic carbocycles. The summed E-state index contributed by atoms with van der Waals surface area (Å²) in [6, 6.07) is 12.5. The van der Waals surface area contributed by atoms with Crippen molar-refractivity contribution in [3.63, 3.8) is 0 Å². The second-order valence-corrected chi connectivity index (χ2v) is 10.3. The molecule has 2 saturated heterocycles. The van der Waals surface area contributed by atoms with Crippen LogP contribution in [0.2, 0.25) is 5.02 Å². The lowest BCUT2D eigenvalue weighted by molar-refractivity contribution is -0.0593. The number of pyridine rings is 2. The number of piperidine rings is 1. The highest BCUT2D eigenvalue weighted by Gasteiger charge is 2.26. The van der Waals surface area contributed by atoms with Gasteiger partial charge in [0.05, 0.1) is 19.2 Å². The minimum Gasteiger partial charge on any atom is -0.477 e. The van der Waals surface area contributed by atoms with Crippen molar-refractivity contribution in [3.05, 3.63) is 70.9 Å². The summed E-state index contributed by atoms with van der Waals surface area (Å²) in [6.45, 7) is 3.50. The molecule has 10 nitrogen and oxygen atoms in total. The van der Waals surface area contributed by atoms with Gasteiger partial charge in [0.1, 0.15) is 17.4 Å². The minimum atomic E-state index is -1.07. The molecule has 1 unspecified atom stereocenters. The average molecular weight is 568 g/mol. The summed E-state index contributed by atoms with van der Waals surface area (Å²) >= 11 is 5.81. The van der Waals surface area contributed by atoms with E-state index in [-0.39, 0.29) is 34.6 Å². The predicted molar refractivity (Wildman–Crippen MR) is 143 cm³/mol. The average Bonchev–Trinajstić information content (AvgIpc) is 3.25. The van der Waals surface area contributed by atoms with Gasteiger partial charge in [-0.25, -0.2) is 19.2 Å². The van der Waals surface area contributed by atoms with E-state index in [0.29, 0.717) is 30.1 Å². The molecule has 2 aliphatic rings. The molecule has 2 aliphatic heterocycles. The van der Waals surface area contributed by atoms with Crippen LogP contribution in [0.3, 0.4) is 0 Å². The van der Waals surface area contributed by atoms with E-state index in [1.807, 2.05) is 4.57 Å². The number of carboxylic acid groups (broad SMARTS) is 1. The molecule has 0 saturated carbocycles. The molecule has 0 amide bonds. The van der Waals surface area contributed by atoms with Crippen molar-refractivity contribution in [3.8, 4) is 17.5 Å². The topological polar surface area (TPSA) is 112 Å². The van der Waals surface area contributed by atoms with Crippen LogP contribution in [-0.4, -0.2) is 67.4 Å². The summed E-state index contributed by atoms with van der Waals surface area (Å²) in [5.74, 6) is -0.132. The van der Waals surface area contributed by atoms with Crippen LogP contribution in [0.5, 0.6) is 17.5 Å². The number of nitrogens with zero attached hydrogens (tertiary/aromatic N) is 5. The largest absolute Gasteiger partial charge is 0.477 e. The Morgan fingerprint density at radius 2 is 1.88 bits per heavy atom. The normalized spacial score (nSPS) is 18.0. The van der Waals surface area contributed by atoms with Gasteiger partial charge in [0.25, 0.3) is 0 Å². The summed E-state index contributed by atoms with van der Waals surface area (Å²) in [5.41, 5.74) is 1.23. The molecule has 0 radical (unpaired) electrons. The number of imidazole rings is 1. The van der Waals surface area contributed by atoms with Crippen molar-refractivity contribution < 1.29 is 28.5 Å². The Labute approximate surface area is 234 Å². The minimum absolute atomic E-state index is 0.00549. The maximum Gasteiger partial charge on any atom is 0.354 e. The molecule has 208 valence electrons. The van der Waals surface area contributed by atoms with Gasteiger partial charge in [0.2, 0.25) is 11.8 Å². The van der Waals surface area contributed by atoms with Crippen LogP contribution in [0.4, 0.5) is 4.39 Å². The first-order chi connectivity index (χ1) is 19.4. The second kappa shape index (κ2) is 11.4. The number of hydrogen-bond donors (Lipinski definition) is 1. The molecule has 3 aromatic heterocycles.